The molecule has 16 heavy (non-hydrogen) atoms. The number of carbonyl (C=O) groups is 1. The number of para-hydroxylation sites is 1. The average Bonchev–Trinajstić information content (AvgIpc) is 2.27. The van der Waals surface area contributed by atoms with E-state index in [0.29, 0.717) is 11.3 Å². The Morgan fingerprint density at radius 2 is 1.81 bits per heavy atom. The van der Waals surface area contributed by atoms with E-state index in [1.54, 1.807) is 18.2 Å². The van der Waals surface area contributed by atoms with Crippen molar-refractivity contribution in [3.05, 3.63) is 29.8 Å². The maximum Gasteiger partial charge on any atom is 0.180 e. The van der Waals surface area contributed by atoms with Crippen molar-refractivity contribution in [3.8, 4) is 5.75 Å². The van der Waals surface area contributed by atoms with Gasteiger partial charge in [0.15, 0.2) is 5.78 Å². The lowest BCUT2D eigenvalue weighted by atomic mass is 10.1. The molecule has 0 atom stereocenters. The van der Waals surface area contributed by atoms with Crippen LogP contribution in [0.15, 0.2) is 24.3 Å². The number of hydrogen-bond acceptors (Lipinski definition) is 3. The van der Waals surface area contributed by atoms with Crippen LogP contribution < -0.4 is 10.5 Å². The van der Waals surface area contributed by atoms with Gasteiger partial charge in [-0.1, -0.05) is 32.9 Å². The minimum Gasteiger partial charge on any atom is -0.496 e. The molecule has 0 aromatic heterocycles. The van der Waals surface area contributed by atoms with Gasteiger partial charge in [0.05, 0.1) is 19.2 Å². The first-order valence-corrected chi connectivity index (χ1v) is 5.39. The molecular formula is C13H21NO2. The van der Waals surface area contributed by atoms with E-state index >= 15 is 0 Å². The van der Waals surface area contributed by atoms with Crippen molar-refractivity contribution < 1.29 is 9.53 Å². The van der Waals surface area contributed by atoms with Gasteiger partial charge < -0.3 is 10.5 Å². The van der Waals surface area contributed by atoms with Crippen molar-refractivity contribution in [1.29, 1.82) is 0 Å². The Bertz CT molecular complexity index is 319. The van der Waals surface area contributed by atoms with Crippen LogP contribution in [0.3, 0.4) is 0 Å². The van der Waals surface area contributed by atoms with Gasteiger partial charge in [-0.25, -0.2) is 0 Å². The van der Waals surface area contributed by atoms with Crippen LogP contribution in [0.2, 0.25) is 0 Å². The third-order valence-corrected chi connectivity index (χ3v) is 1.59. The second kappa shape index (κ2) is 7.88. The first-order valence-electron chi connectivity index (χ1n) is 5.39. The summed E-state index contributed by atoms with van der Waals surface area (Å²) in [6.07, 6.45) is 0. The molecule has 0 fully saturated rings. The molecule has 1 rings (SSSR count). The zero-order valence-electron chi connectivity index (χ0n) is 10.5. The van der Waals surface area contributed by atoms with E-state index in [9.17, 15) is 4.79 Å². The summed E-state index contributed by atoms with van der Waals surface area (Å²) >= 11 is 0. The van der Waals surface area contributed by atoms with Crippen LogP contribution in [-0.2, 0) is 0 Å². The molecule has 1 aromatic carbocycles. The summed E-state index contributed by atoms with van der Waals surface area (Å²) < 4.78 is 4.99. The molecule has 0 spiro atoms. The van der Waals surface area contributed by atoms with E-state index in [0.717, 1.165) is 5.92 Å². The smallest absolute Gasteiger partial charge is 0.180 e. The number of carbonyl (C=O) groups excluding carboxylic acids is 1. The van der Waals surface area contributed by atoms with Gasteiger partial charge in [0.2, 0.25) is 0 Å². The average molecular weight is 223 g/mol. The molecule has 90 valence electrons. The zero-order valence-corrected chi connectivity index (χ0v) is 10.5. The zero-order chi connectivity index (χ0) is 12.6. The fourth-order valence-corrected chi connectivity index (χ4v) is 0.985. The molecule has 1 aromatic rings. The Labute approximate surface area is 97.6 Å². The van der Waals surface area contributed by atoms with Crippen LogP contribution in [-0.4, -0.2) is 19.4 Å². The van der Waals surface area contributed by atoms with Crippen LogP contribution in [0.5, 0.6) is 5.75 Å². The molecule has 0 aliphatic heterocycles. The number of hydrogen-bond donors (Lipinski definition) is 1. The molecule has 0 bridgehead atoms. The SMILES string of the molecule is CC(C)C.COc1ccccc1C(=O)CN. The summed E-state index contributed by atoms with van der Waals surface area (Å²) in [5, 5.41) is 0. The van der Waals surface area contributed by atoms with Crippen LogP contribution >= 0.6 is 0 Å². The molecule has 0 saturated heterocycles. The van der Waals surface area contributed by atoms with E-state index in [4.69, 9.17) is 10.5 Å². The van der Waals surface area contributed by atoms with Gasteiger partial charge in [0, 0.05) is 0 Å². The predicted octanol–water partition coefficient (Wildman–Crippen LogP) is 2.50. The van der Waals surface area contributed by atoms with Crippen LogP contribution in [0.25, 0.3) is 0 Å². The predicted molar refractivity (Wildman–Crippen MR) is 66.9 cm³/mol. The lowest BCUT2D eigenvalue weighted by molar-refractivity contribution is 0.0998. The first kappa shape index (κ1) is 14.6. The van der Waals surface area contributed by atoms with Crippen molar-refractivity contribution >= 4 is 5.78 Å². The molecule has 0 heterocycles. The van der Waals surface area contributed by atoms with Crippen molar-refractivity contribution in [2.75, 3.05) is 13.7 Å². The maximum atomic E-state index is 11.2. The van der Waals surface area contributed by atoms with Crippen molar-refractivity contribution in [2.24, 2.45) is 11.7 Å². The Morgan fingerprint density at radius 3 is 2.25 bits per heavy atom. The highest BCUT2D eigenvalue weighted by atomic mass is 16.5. The summed E-state index contributed by atoms with van der Waals surface area (Å²) in [6.45, 7) is 6.51. The highest BCUT2D eigenvalue weighted by molar-refractivity contribution is 5.99. The van der Waals surface area contributed by atoms with Gasteiger partial charge in [0.25, 0.3) is 0 Å². The Morgan fingerprint density at radius 1 is 1.31 bits per heavy atom. The van der Waals surface area contributed by atoms with Crippen LogP contribution in [0, 0.1) is 5.92 Å². The van der Waals surface area contributed by atoms with Gasteiger partial charge in [-0.3, -0.25) is 4.79 Å². The molecular weight excluding hydrogens is 202 g/mol. The molecule has 0 saturated carbocycles. The van der Waals surface area contributed by atoms with Crippen molar-refractivity contribution in [1.82, 2.24) is 0 Å². The highest BCUT2D eigenvalue weighted by Crippen LogP contribution is 2.16. The number of ether oxygens (including phenoxy) is 1. The number of Topliss-reactive ketones (excluding diaryl/α,β-unsaturated/α-hetero) is 1. The van der Waals surface area contributed by atoms with E-state index in [1.165, 1.54) is 7.11 Å². The Kier molecular flexibility index (Phi) is 7.21. The van der Waals surface area contributed by atoms with E-state index in [1.807, 2.05) is 6.07 Å². The number of nitrogens with two attached hydrogens (primary N) is 1. The Hall–Kier alpha value is -1.35. The molecule has 2 N–H and O–H groups in total. The van der Waals surface area contributed by atoms with Crippen LogP contribution in [0.4, 0.5) is 0 Å². The first-order chi connectivity index (χ1) is 7.52. The summed E-state index contributed by atoms with van der Waals surface area (Å²) in [5.41, 5.74) is 5.77. The van der Waals surface area contributed by atoms with Gasteiger partial charge in [-0.15, -0.1) is 0 Å². The lowest BCUT2D eigenvalue weighted by Gasteiger charge is -2.04. The van der Waals surface area contributed by atoms with Crippen LogP contribution in [0.1, 0.15) is 31.1 Å². The third kappa shape index (κ3) is 5.51. The van der Waals surface area contributed by atoms with Gasteiger partial charge in [-0.05, 0) is 18.1 Å². The topological polar surface area (TPSA) is 52.3 Å². The number of methoxy groups -OCH3 is 1. The maximum absolute atomic E-state index is 11.2. The number of ketones is 1. The number of rotatable bonds is 3. The van der Waals surface area contributed by atoms with Gasteiger partial charge >= 0.3 is 0 Å². The second-order valence-electron chi connectivity index (χ2n) is 4.06. The number of benzene rings is 1. The Balaban J connectivity index is 0.000000487. The normalized spacial score (nSPS) is 9.38. The van der Waals surface area contributed by atoms with E-state index < -0.39 is 0 Å². The molecule has 0 amide bonds. The standard InChI is InChI=1S/C9H11NO2.C4H10/c1-12-9-5-3-2-4-7(9)8(11)6-10;1-4(2)3/h2-5H,6,10H2,1H3;4H,1-3H3. The minimum atomic E-state index is -0.104. The van der Waals surface area contributed by atoms with Crippen molar-refractivity contribution in [2.45, 2.75) is 20.8 Å². The summed E-state index contributed by atoms with van der Waals surface area (Å²) in [7, 11) is 1.53. The largest absolute Gasteiger partial charge is 0.496 e. The lowest BCUT2D eigenvalue weighted by Crippen LogP contribution is -2.14. The quantitative estimate of drug-likeness (QED) is 0.801. The highest BCUT2D eigenvalue weighted by Gasteiger charge is 2.08. The summed E-state index contributed by atoms with van der Waals surface area (Å²) in [5.74, 6) is 1.31. The molecule has 3 nitrogen and oxygen atoms in total. The molecule has 0 unspecified atom stereocenters. The fourth-order valence-electron chi connectivity index (χ4n) is 0.985. The molecule has 0 aliphatic rings. The summed E-state index contributed by atoms with van der Waals surface area (Å²) in [6, 6.07) is 7.04. The summed E-state index contributed by atoms with van der Waals surface area (Å²) in [4.78, 5) is 11.2. The fraction of sp³-hybridized carbons (Fsp3) is 0.462. The van der Waals surface area contributed by atoms with E-state index in [2.05, 4.69) is 20.8 Å². The van der Waals surface area contributed by atoms with Gasteiger partial charge in [0.1, 0.15) is 5.75 Å². The molecule has 0 aliphatic carbocycles. The second-order valence-corrected chi connectivity index (χ2v) is 4.06. The van der Waals surface area contributed by atoms with Gasteiger partial charge in [-0.2, -0.15) is 0 Å². The monoisotopic (exact) mass is 223 g/mol. The van der Waals surface area contributed by atoms with E-state index in [-0.39, 0.29) is 12.3 Å². The molecule has 0 radical (unpaired) electrons. The minimum absolute atomic E-state index is 0.0143. The van der Waals surface area contributed by atoms with Crippen molar-refractivity contribution in [3.63, 3.8) is 0 Å². The third-order valence-electron chi connectivity index (χ3n) is 1.59. The molecule has 3 heteroatoms.